The van der Waals surface area contributed by atoms with E-state index in [-0.39, 0.29) is 18.1 Å². The maximum atomic E-state index is 11.4. The number of aryl methyl sites for hydroxylation is 2. The van der Waals surface area contributed by atoms with Crippen molar-refractivity contribution in [3.05, 3.63) is 29.4 Å². The second kappa shape index (κ2) is 10.8. The van der Waals surface area contributed by atoms with Crippen LogP contribution in [0.15, 0.2) is 16.7 Å². The lowest BCUT2D eigenvalue weighted by molar-refractivity contribution is -0.143. The first-order chi connectivity index (χ1) is 16.9. The fourth-order valence-electron chi connectivity index (χ4n) is 4.28. The highest BCUT2D eigenvalue weighted by atomic mass is 16.5. The average molecular weight is 486 g/mol. The van der Waals surface area contributed by atoms with Crippen LogP contribution in [0.25, 0.3) is 11.4 Å². The van der Waals surface area contributed by atoms with Crippen LogP contribution in [0, 0.1) is 12.8 Å². The van der Waals surface area contributed by atoms with Gasteiger partial charge >= 0.3 is 5.97 Å². The second-order valence-corrected chi connectivity index (χ2v) is 8.67. The Morgan fingerprint density at radius 2 is 2.17 bits per heavy atom. The fourth-order valence-corrected chi connectivity index (χ4v) is 4.28. The minimum atomic E-state index is -0.756. The summed E-state index contributed by atoms with van der Waals surface area (Å²) in [6.45, 7) is 4.21. The van der Waals surface area contributed by atoms with Gasteiger partial charge in [0.15, 0.2) is 0 Å². The Kier molecular flexibility index (Phi) is 7.59. The van der Waals surface area contributed by atoms with E-state index in [1.165, 1.54) is 0 Å². The minimum absolute atomic E-state index is 0.127. The minimum Gasteiger partial charge on any atom is -0.489 e. The van der Waals surface area contributed by atoms with Crippen molar-refractivity contribution in [3.63, 3.8) is 0 Å². The van der Waals surface area contributed by atoms with Gasteiger partial charge in [0.2, 0.25) is 0 Å². The van der Waals surface area contributed by atoms with Gasteiger partial charge in [0.1, 0.15) is 17.5 Å². The highest BCUT2D eigenvalue weighted by Gasteiger charge is 2.28. The zero-order valence-electron chi connectivity index (χ0n) is 20.4. The molecule has 12 heteroatoms. The van der Waals surface area contributed by atoms with Gasteiger partial charge in [-0.25, -0.2) is 9.67 Å². The van der Waals surface area contributed by atoms with Gasteiger partial charge in [-0.05, 0) is 56.3 Å². The van der Waals surface area contributed by atoms with Gasteiger partial charge in [0.05, 0.1) is 35.6 Å². The largest absolute Gasteiger partial charge is 0.489 e. The summed E-state index contributed by atoms with van der Waals surface area (Å²) in [5.41, 5.74) is 2.79. The molecule has 3 atom stereocenters. The molecule has 3 heterocycles. The number of hydrogen-bond acceptors (Lipinski definition) is 10. The number of aromatic nitrogens is 6. The Morgan fingerprint density at radius 3 is 2.89 bits per heavy atom. The molecule has 0 unspecified atom stereocenters. The van der Waals surface area contributed by atoms with E-state index in [2.05, 4.69) is 25.8 Å². The molecule has 0 spiro atoms. The zero-order chi connectivity index (χ0) is 24.9. The third-order valence-corrected chi connectivity index (χ3v) is 6.28. The highest BCUT2D eigenvalue weighted by Crippen LogP contribution is 2.30. The van der Waals surface area contributed by atoms with Gasteiger partial charge in [0, 0.05) is 14.2 Å². The number of methoxy groups -OCH3 is 1. The molecule has 0 radical (unpaired) electrons. The van der Waals surface area contributed by atoms with Crippen LogP contribution in [-0.4, -0.2) is 54.4 Å². The molecule has 0 saturated heterocycles. The molecule has 35 heavy (non-hydrogen) atoms. The van der Waals surface area contributed by atoms with Crippen molar-refractivity contribution in [2.45, 2.75) is 64.7 Å². The maximum Gasteiger partial charge on any atom is 0.306 e. The van der Waals surface area contributed by atoms with E-state index in [9.17, 15) is 9.90 Å². The molecule has 4 rings (SSSR count). The zero-order valence-corrected chi connectivity index (χ0v) is 20.4. The number of anilines is 1. The number of carbonyl (C=O) groups is 1. The molecule has 1 aliphatic rings. The Morgan fingerprint density at radius 1 is 1.34 bits per heavy atom. The third kappa shape index (κ3) is 5.59. The van der Waals surface area contributed by atoms with E-state index in [4.69, 9.17) is 19.0 Å². The van der Waals surface area contributed by atoms with Crippen molar-refractivity contribution in [1.29, 1.82) is 0 Å². The van der Waals surface area contributed by atoms with Crippen LogP contribution >= 0.6 is 0 Å². The van der Waals surface area contributed by atoms with Crippen molar-refractivity contribution in [1.82, 2.24) is 30.1 Å². The highest BCUT2D eigenvalue weighted by molar-refractivity contribution is 5.70. The molecule has 0 aromatic carbocycles. The number of rotatable bonds is 10. The Labute approximate surface area is 203 Å². The second-order valence-electron chi connectivity index (χ2n) is 8.67. The van der Waals surface area contributed by atoms with Crippen LogP contribution in [0.3, 0.4) is 0 Å². The van der Waals surface area contributed by atoms with Gasteiger partial charge in [-0.3, -0.25) is 4.79 Å². The lowest BCUT2D eigenvalue weighted by atomic mass is 9.87. The van der Waals surface area contributed by atoms with E-state index in [1.807, 2.05) is 26.0 Å². The number of carboxylic acids is 1. The van der Waals surface area contributed by atoms with Crippen LogP contribution in [0.4, 0.5) is 5.95 Å². The molecule has 3 aromatic heterocycles. The summed E-state index contributed by atoms with van der Waals surface area (Å²) >= 11 is 0. The molecule has 188 valence electrons. The molecule has 2 N–H and O–H groups in total. The normalized spacial score (nSPS) is 18.9. The Balaban J connectivity index is 1.45. The van der Waals surface area contributed by atoms with E-state index in [0.29, 0.717) is 54.1 Å². The monoisotopic (exact) mass is 485 g/mol. The molecule has 3 aromatic rings. The topological polar surface area (TPSA) is 150 Å². The van der Waals surface area contributed by atoms with Crippen LogP contribution in [0.2, 0.25) is 0 Å². The van der Waals surface area contributed by atoms with Crippen molar-refractivity contribution in [2.24, 2.45) is 13.0 Å². The van der Waals surface area contributed by atoms with E-state index in [0.717, 1.165) is 25.0 Å². The Bertz CT molecular complexity index is 1160. The lowest BCUT2D eigenvalue weighted by Gasteiger charge is -2.27. The molecule has 12 nitrogen and oxygen atoms in total. The molecular weight excluding hydrogens is 454 g/mol. The van der Waals surface area contributed by atoms with Gasteiger partial charge in [0.25, 0.3) is 11.8 Å². The first kappa shape index (κ1) is 24.6. The number of carboxylic acid groups (broad SMARTS) is 1. The number of nitrogens with zero attached hydrogens (tertiary/aromatic N) is 6. The van der Waals surface area contributed by atoms with E-state index < -0.39 is 5.97 Å². The first-order valence-electron chi connectivity index (χ1n) is 11.8. The predicted molar refractivity (Wildman–Crippen MR) is 125 cm³/mol. The molecule has 1 saturated carbocycles. The summed E-state index contributed by atoms with van der Waals surface area (Å²) < 4.78 is 18.4. The molecule has 0 amide bonds. The van der Waals surface area contributed by atoms with E-state index in [1.54, 1.807) is 18.8 Å². The Hall–Kier alpha value is -3.54. The molecule has 0 aliphatic heterocycles. The van der Waals surface area contributed by atoms with Crippen molar-refractivity contribution >= 4 is 11.9 Å². The predicted octanol–water partition coefficient (Wildman–Crippen LogP) is 3.30. The smallest absolute Gasteiger partial charge is 0.306 e. The van der Waals surface area contributed by atoms with Crippen molar-refractivity contribution in [2.75, 3.05) is 12.4 Å². The fraction of sp³-hybridized carbons (Fsp3) is 0.565. The number of aliphatic carboxylic acids is 1. The van der Waals surface area contributed by atoms with Gasteiger partial charge in [-0.2, -0.15) is 4.98 Å². The van der Waals surface area contributed by atoms with E-state index >= 15 is 0 Å². The average Bonchev–Trinajstić information content (AvgIpc) is 3.46. The summed E-state index contributed by atoms with van der Waals surface area (Å²) in [7, 11) is 3.41. The molecular formula is C23H31N7O5. The number of hydrogen-bond donors (Lipinski definition) is 2. The van der Waals surface area contributed by atoms with Crippen LogP contribution in [-0.2, 0) is 23.1 Å². The summed E-state index contributed by atoms with van der Waals surface area (Å²) in [5, 5.41) is 24.9. The summed E-state index contributed by atoms with van der Waals surface area (Å²) in [6, 6.07) is 3.69. The number of nitrogens with one attached hydrogen (secondary N) is 1. The van der Waals surface area contributed by atoms with Gasteiger partial charge in [-0.1, -0.05) is 12.1 Å². The first-order valence-corrected chi connectivity index (χ1v) is 11.8. The SMILES string of the molecule is CC[C@H](OC)c1nc(NCc2c(-c3ccc(O[C@H]4CCC[C@H](C(=O)O)C4)c(C)n3)nnn2C)no1. The maximum absolute atomic E-state index is 11.4. The summed E-state index contributed by atoms with van der Waals surface area (Å²) in [4.78, 5) is 20.4. The standard InChI is InChI=1S/C23H31N7O5/c1-5-18(33-4)21-26-23(28-35-21)24-12-17-20(27-29-30(17)3)16-9-10-19(13(2)25-16)34-15-8-6-7-14(11-15)22(31)32/h9-10,14-15,18H,5-8,11-12H2,1-4H3,(H,24,28)(H,31,32)/t14-,15-,18-/m0/s1. The van der Waals surface area contributed by atoms with Crippen LogP contribution < -0.4 is 10.1 Å². The summed E-state index contributed by atoms with van der Waals surface area (Å²) in [6.07, 6.45) is 3.24. The van der Waals surface area contributed by atoms with Gasteiger partial charge < -0.3 is 24.4 Å². The molecule has 1 fully saturated rings. The quantitative estimate of drug-likeness (QED) is 0.435. The summed E-state index contributed by atoms with van der Waals surface area (Å²) in [5.74, 6) is 0.308. The van der Waals surface area contributed by atoms with Crippen molar-refractivity contribution in [3.8, 4) is 17.1 Å². The van der Waals surface area contributed by atoms with Crippen LogP contribution in [0.1, 0.15) is 62.4 Å². The van der Waals surface area contributed by atoms with Crippen LogP contribution in [0.5, 0.6) is 5.75 Å². The lowest BCUT2D eigenvalue weighted by Crippen LogP contribution is -2.29. The molecule has 1 aliphatic carbocycles. The van der Waals surface area contributed by atoms with Crippen molar-refractivity contribution < 1.29 is 23.9 Å². The number of pyridine rings is 1. The third-order valence-electron chi connectivity index (χ3n) is 6.28. The number of ether oxygens (including phenoxy) is 2. The van der Waals surface area contributed by atoms with Gasteiger partial charge in [-0.15, -0.1) is 5.10 Å². The molecule has 0 bridgehead atoms.